The molecule has 6 heteroatoms. The molecule has 0 unspecified atom stereocenters. The maximum atomic E-state index is 13.3. The second-order valence-electron chi connectivity index (χ2n) is 3.72. The summed E-state index contributed by atoms with van der Waals surface area (Å²) < 4.78 is 19.4. The van der Waals surface area contributed by atoms with E-state index < -0.39 is 5.97 Å². The number of hydrogen-bond donors (Lipinski definition) is 1. The zero-order chi connectivity index (χ0) is 12.6. The van der Waals surface area contributed by atoms with Gasteiger partial charge in [0.05, 0.1) is 18.1 Å². The number of rotatable bonds is 2. The van der Waals surface area contributed by atoms with Crippen LogP contribution in [0.1, 0.15) is 5.56 Å². The molecule has 0 bridgehead atoms. The summed E-state index contributed by atoms with van der Waals surface area (Å²) in [5, 5.41) is 0. The van der Waals surface area contributed by atoms with E-state index in [-0.39, 0.29) is 18.3 Å². The van der Waals surface area contributed by atoms with E-state index in [0.717, 1.165) is 0 Å². The van der Waals surface area contributed by atoms with Crippen LogP contribution in [0, 0.1) is 12.7 Å². The first-order valence-corrected chi connectivity index (χ1v) is 5.01. The van der Waals surface area contributed by atoms with Crippen molar-refractivity contribution in [1.82, 2.24) is 9.55 Å². The number of carbonyl (C=O) groups is 1. The van der Waals surface area contributed by atoms with Crippen molar-refractivity contribution in [3.8, 4) is 0 Å². The highest BCUT2D eigenvalue weighted by atomic mass is 19.1. The largest absolute Gasteiger partial charge is 0.468 e. The fourth-order valence-electron chi connectivity index (χ4n) is 1.63. The molecule has 2 aromatic rings. The van der Waals surface area contributed by atoms with Gasteiger partial charge in [0, 0.05) is 6.07 Å². The van der Waals surface area contributed by atoms with Crippen molar-refractivity contribution >= 4 is 23.0 Å². The topological polar surface area (TPSA) is 70.1 Å². The molecule has 0 aliphatic rings. The summed E-state index contributed by atoms with van der Waals surface area (Å²) in [4.78, 5) is 15.2. The third-order valence-electron chi connectivity index (χ3n) is 2.57. The highest BCUT2D eigenvalue weighted by molar-refractivity contribution is 5.81. The minimum Gasteiger partial charge on any atom is -0.468 e. The number of anilines is 1. The van der Waals surface area contributed by atoms with Crippen LogP contribution >= 0.6 is 0 Å². The number of ether oxygens (including phenoxy) is 1. The Bertz CT molecular complexity index is 592. The predicted octanol–water partition coefficient (Wildman–Crippen LogP) is 1.24. The summed E-state index contributed by atoms with van der Waals surface area (Å²) in [5.74, 6) is -0.617. The normalized spacial score (nSPS) is 10.8. The summed E-state index contributed by atoms with van der Waals surface area (Å²) in [6.07, 6.45) is 0. The van der Waals surface area contributed by atoms with Crippen LogP contribution in [-0.2, 0) is 16.1 Å². The van der Waals surface area contributed by atoms with E-state index in [1.165, 1.54) is 17.7 Å². The number of carbonyl (C=O) groups excluding carboxylic acids is 1. The van der Waals surface area contributed by atoms with Gasteiger partial charge in [-0.15, -0.1) is 0 Å². The molecule has 0 amide bonds. The lowest BCUT2D eigenvalue weighted by Gasteiger charge is -2.05. The van der Waals surface area contributed by atoms with Crippen LogP contribution in [0.15, 0.2) is 12.1 Å². The van der Waals surface area contributed by atoms with Gasteiger partial charge in [0.1, 0.15) is 12.4 Å². The average Bonchev–Trinajstić information content (AvgIpc) is 2.56. The first-order valence-electron chi connectivity index (χ1n) is 5.01. The average molecular weight is 237 g/mol. The lowest BCUT2D eigenvalue weighted by atomic mass is 10.2. The van der Waals surface area contributed by atoms with Crippen LogP contribution in [0.5, 0.6) is 0 Å². The molecule has 0 saturated carbocycles. The van der Waals surface area contributed by atoms with Gasteiger partial charge < -0.3 is 10.5 Å². The van der Waals surface area contributed by atoms with Crippen molar-refractivity contribution in [2.75, 3.05) is 12.8 Å². The second kappa shape index (κ2) is 4.04. The highest BCUT2D eigenvalue weighted by Crippen LogP contribution is 2.21. The first kappa shape index (κ1) is 11.4. The summed E-state index contributed by atoms with van der Waals surface area (Å²) in [6, 6.07) is 2.91. The van der Waals surface area contributed by atoms with Gasteiger partial charge in [0.15, 0.2) is 0 Å². The molecule has 0 aliphatic carbocycles. The van der Waals surface area contributed by atoms with Gasteiger partial charge in [-0.2, -0.15) is 0 Å². The smallest absolute Gasteiger partial charge is 0.325 e. The Kier molecular flexibility index (Phi) is 2.71. The van der Waals surface area contributed by atoms with Crippen LogP contribution in [0.25, 0.3) is 11.0 Å². The molecule has 1 aromatic heterocycles. The van der Waals surface area contributed by atoms with E-state index in [1.807, 2.05) is 0 Å². The molecule has 2 rings (SSSR count). The summed E-state index contributed by atoms with van der Waals surface area (Å²) in [6.45, 7) is 1.60. The number of nitrogens with zero attached hydrogens (tertiary/aromatic N) is 2. The van der Waals surface area contributed by atoms with Crippen molar-refractivity contribution < 1.29 is 13.9 Å². The van der Waals surface area contributed by atoms with E-state index in [4.69, 9.17) is 5.73 Å². The lowest BCUT2D eigenvalue weighted by Crippen LogP contribution is -2.13. The number of aryl methyl sites for hydroxylation is 1. The number of hydrogen-bond acceptors (Lipinski definition) is 4. The number of imidazole rings is 1. The van der Waals surface area contributed by atoms with Gasteiger partial charge >= 0.3 is 5.97 Å². The van der Waals surface area contributed by atoms with Crippen molar-refractivity contribution in [2.24, 2.45) is 0 Å². The van der Waals surface area contributed by atoms with E-state index in [1.54, 1.807) is 13.0 Å². The van der Waals surface area contributed by atoms with Gasteiger partial charge in [0.2, 0.25) is 5.95 Å². The Morgan fingerprint density at radius 2 is 2.29 bits per heavy atom. The Hall–Kier alpha value is -2.11. The molecule has 2 N–H and O–H groups in total. The van der Waals surface area contributed by atoms with Gasteiger partial charge in [-0.1, -0.05) is 0 Å². The Labute approximate surface area is 97.0 Å². The maximum Gasteiger partial charge on any atom is 0.325 e. The minimum absolute atomic E-state index is 0.0378. The van der Waals surface area contributed by atoms with Crippen LogP contribution < -0.4 is 5.73 Å². The van der Waals surface area contributed by atoms with Crippen molar-refractivity contribution in [3.05, 3.63) is 23.5 Å². The molecule has 0 aliphatic heterocycles. The van der Waals surface area contributed by atoms with Crippen molar-refractivity contribution in [3.63, 3.8) is 0 Å². The Balaban J connectivity index is 2.58. The fourth-order valence-corrected chi connectivity index (χ4v) is 1.63. The molecule has 0 fully saturated rings. The van der Waals surface area contributed by atoms with Crippen molar-refractivity contribution in [2.45, 2.75) is 13.5 Å². The molecule has 17 heavy (non-hydrogen) atoms. The monoisotopic (exact) mass is 237 g/mol. The van der Waals surface area contributed by atoms with E-state index in [0.29, 0.717) is 16.6 Å². The van der Waals surface area contributed by atoms with E-state index >= 15 is 0 Å². The highest BCUT2D eigenvalue weighted by Gasteiger charge is 2.13. The predicted molar refractivity (Wildman–Crippen MR) is 60.9 cm³/mol. The third kappa shape index (κ3) is 1.93. The van der Waals surface area contributed by atoms with Crippen molar-refractivity contribution in [1.29, 1.82) is 0 Å². The lowest BCUT2D eigenvalue weighted by molar-refractivity contribution is -0.141. The number of halogens is 1. The third-order valence-corrected chi connectivity index (χ3v) is 2.57. The fraction of sp³-hybridized carbons (Fsp3) is 0.273. The number of esters is 1. The van der Waals surface area contributed by atoms with Crippen LogP contribution in [0.4, 0.5) is 10.3 Å². The zero-order valence-electron chi connectivity index (χ0n) is 9.53. The number of benzene rings is 1. The summed E-state index contributed by atoms with van der Waals surface area (Å²) >= 11 is 0. The molecule has 90 valence electrons. The molecule has 1 aromatic carbocycles. The molecule has 1 heterocycles. The van der Waals surface area contributed by atoms with Crippen LogP contribution in [0.2, 0.25) is 0 Å². The van der Waals surface area contributed by atoms with E-state index in [2.05, 4.69) is 9.72 Å². The number of nitrogens with two attached hydrogens (primary N) is 1. The van der Waals surface area contributed by atoms with Gasteiger partial charge in [-0.25, -0.2) is 9.37 Å². The molecule has 0 radical (unpaired) electrons. The van der Waals surface area contributed by atoms with Gasteiger partial charge in [0.25, 0.3) is 0 Å². The second-order valence-corrected chi connectivity index (χ2v) is 3.72. The van der Waals surface area contributed by atoms with E-state index in [9.17, 15) is 9.18 Å². The summed E-state index contributed by atoms with van der Waals surface area (Å²) in [5.41, 5.74) is 7.20. The van der Waals surface area contributed by atoms with Gasteiger partial charge in [-0.3, -0.25) is 9.36 Å². The van der Waals surface area contributed by atoms with Crippen LogP contribution in [0.3, 0.4) is 0 Å². The number of nitrogen functional groups attached to an aromatic ring is 1. The minimum atomic E-state index is -0.432. The molecule has 0 saturated heterocycles. The Morgan fingerprint density at radius 1 is 1.59 bits per heavy atom. The first-order chi connectivity index (χ1) is 8.02. The zero-order valence-corrected chi connectivity index (χ0v) is 9.53. The quantitative estimate of drug-likeness (QED) is 0.798. The molecular formula is C11H12FN3O2. The van der Waals surface area contributed by atoms with Gasteiger partial charge in [-0.05, 0) is 18.6 Å². The summed E-state index contributed by atoms with van der Waals surface area (Å²) in [7, 11) is 1.29. The van der Waals surface area contributed by atoms with Crippen LogP contribution in [-0.4, -0.2) is 22.6 Å². The number of methoxy groups -OCH3 is 1. The standard InChI is InChI=1S/C11H12FN3O2/c1-6-3-9-8(4-7(6)12)14-11(13)15(9)5-10(16)17-2/h3-4H,5H2,1-2H3,(H2,13,14). The SMILES string of the molecule is COC(=O)Cn1c(N)nc2cc(F)c(C)cc21. The molecular weight excluding hydrogens is 225 g/mol. The molecule has 0 atom stereocenters. The number of fused-ring (bicyclic) bond motifs is 1. The Morgan fingerprint density at radius 3 is 2.94 bits per heavy atom. The molecule has 5 nitrogen and oxygen atoms in total. The number of aromatic nitrogens is 2. The maximum absolute atomic E-state index is 13.3. The molecule has 0 spiro atoms.